The molecule has 0 saturated heterocycles. The van der Waals surface area contributed by atoms with Crippen molar-refractivity contribution in [2.45, 2.75) is 13.8 Å². The predicted molar refractivity (Wildman–Crippen MR) is 122 cm³/mol. The summed E-state index contributed by atoms with van der Waals surface area (Å²) in [5.74, 6) is 1.81. The van der Waals surface area contributed by atoms with E-state index in [4.69, 9.17) is 4.74 Å². The number of anilines is 3. The van der Waals surface area contributed by atoms with E-state index >= 15 is 0 Å². The van der Waals surface area contributed by atoms with Crippen LogP contribution in [0.25, 0.3) is 0 Å². The van der Waals surface area contributed by atoms with Gasteiger partial charge in [-0.25, -0.2) is 9.97 Å². The van der Waals surface area contributed by atoms with E-state index in [1.165, 1.54) is 0 Å². The number of nitrogens with zero attached hydrogens (tertiary/aromatic N) is 2. The molecule has 0 atom stereocenters. The van der Waals surface area contributed by atoms with E-state index in [1.54, 1.807) is 12.1 Å². The maximum atomic E-state index is 12.6. The Bertz CT molecular complexity index is 1150. The highest BCUT2D eigenvalue weighted by molar-refractivity contribution is 6.04. The average Bonchev–Trinajstić information content (AvgIpc) is 2.76. The number of para-hydroxylation sites is 1. The number of aryl methyl sites for hydroxylation is 2. The van der Waals surface area contributed by atoms with Crippen LogP contribution in [0.3, 0.4) is 0 Å². The summed E-state index contributed by atoms with van der Waals surface area (Å²) in [5, 5.41) is 6.05. The van der Waals surface area contributed by atoms with E-state index in [1.807, 2.05) is 86.6 Å². The number of hydrogen-bond donors (Lipinski definition) is 2. The Morgan fingerprint density at radius 1 is 0.742 bits per heavy atom. The molecule has 0 fully saturated rings. The van der Waals surface area contributed by atoms with E-state index in [2.05, 4.69) is 20.6 Å². The second-order valence-corrected chi connectivity index (χ2v) is 7.07. The summed E-state index contributed by atoms with van der Waals surface area (Å²) >= 11 is 0. The lowest BCUT2D eigenvalue weighted by molar-refractivity contribution is 0.102. The van der Waals surface area contributed by atoms with Crippen LogP contribution in [0, 0.1) is 13.8 Å². The lowest BCUT2D eigenvalue weighted by Crippen LogP contribution is -2.11. The van der Waals surface area contributed by atoms with Crippen molar-refractivity contribution in [3.63, 3.8) is 0 Å². The van der Waals surface area contributed by atoms with E-state index in [-0.39, 0.29) is 5.91 Å². The zero-order chi connectivity index (χ0) is 21.6. The van der Waals surface area contributed by atoms with Crippen LogP contribution in [-0.2, 0) is 0 Å². The molecule has 154 valence electrons. The summed E-state index contributed by atoms with van der Waals surface area (Å²) in [6.45, 7) is 3.85. The second kappa shape index (κ2) is 9.09. The van der Waals surface area contributed by atoms with E-state index < -0.39 is 0 Å². The molecule has 3 aromatic carbocycles. The number of carbonyl (C=O) groups excluding carboxylic acids is 1. The molecule has 0 bridgehead atoms. The zero-order valence-corrected chi connectivity index (χ0v) is 17.3. The lowest BCUT2D eigenvalue weighted by atomic mass is 10.2. The maximum Gasteiger partial charge on any atom is 0.255 e. The summed E-state index contributed by atoms with van der Waals surface area (Å²) in [7, 11) is 0. The number of carbonyl (C=O) groups is 1. The molecule has 1 heterocycles. The Labute approximate surface area is 181 Å². The predicted octanol–water partition coefficient (Wildman–Crippen LogP) is 5.88. The number of rotatable bonds is 6. The SMILES string of the molecule is Cc1cc(C)nc(Nc2ccc(C(=O)Nc3ccc(Oc4ccccc4)cc3)cc2)n1. The number of benzene rings is 3. The highest BCUT2D eigenvalue weighted by Crippen LogP contribution is 2.23. The van der Waals surface area contributed by atoms with Gasteiger partial charge in [0.25, 0.3) is 5.91 Å². The quantitative estimate of drug-likeness (QED) is 0.415. The molecule has 0 spiro atoms. The number of aromatic nitrogens is 2. The van der Waals surface area contributed by atoms with Gasteiger partial charge in [-0.05, 0) is 80.6 Å². The molecule has 4 aromatic rings. The van der Waals surface area contributed by atoms with Crippen molar-refractivity contribution in [3.8, 4) is 11.5 Å². The van der Waals surface area contributed by atoms with Gasteiger partial charge in [0, 0.05) is 28.3 Å². The molecule has 6 heteroatoms. The summed E-state index contributed by atoms with van der Waals surface area (Å²) in [5.41, 5.74) is 3.84. The Morgan fingerprint density at radius 3 is 1.97 bits per heavy atom. The van der Waals surface area contributed by atoms with Gasteiger partial charge in [0.15, 0.2) is 0 Å². The molecule has 0 radical (unpaired) electrons. The van der Waals surface area contributed by atoms with Crippen molar-refractivity contribution in [1.29, 1.82) is 0 Å². The first-order chi connectivity index (χ1) is 15.0. The third kappa shape index (κ3) is 5.45. The topological polar surface area (TPSA) is 76.1 Å². The van der Waals surface area contributed by atoms with Gasteiger partial charge in [0.2, 0.25) is 5.95 Å². The minimum atomic E-state index is -0.189. The van der Waals surface area contributed by atoms with Gasteiger partial charge < -0.3 is 15.4 Å². The number of nitrogens with one attached hydrogen (secondary N) is 2. The molecule has 2 N–H and O–H groups in total. The summed E-state index contributed by atoms with van der Waals surface area (Å²) in [4.78, 5) is 21.3. The van der Waals surface area contributed by atoms with Crippen LogP contribution in [0.15, 0.2) is 84.9 Å². The molecule has 0 unspecified atom stereocenters. The number of amides is 1. The summed E-state index contributed by atoms with van der Waals surface area (Å²) in [6.07, 6.45) is 0. The molecular weight excluding hydrogens is 388 g/mol. The van der Waals surface area contributed by atoms with Gasteiger partial charge in [-0.15, -0.1) is 0 Å². The first kappa shape index (κ1) is 20.1. The molecule has 0 aliphatic rings. The van der Waals surface area contributed by atoms with Gasteiger partial charge in [-0.1, -0.05) is 18.2 Å². The van der Waals surface area contributed by atoms with Crippen molar-refractivity contribution in [2.24, 2.45) is 0 Å². The normalized spacial score (nSPS) is 10.4. The molecule has 6 nitrogen and oxygen atoms in total. The van der Waals surface area contributed by atoms with Gasteiger partial charge >= 0.3 is 0 Å². The Balaban J connectivity index is 1.37. The van der Waals surface area contributed by atoms with E-state index in [9.17, 15) is 4.79 Å². The smallest absolute Gasteiger partial charge is 0.255 e. The lowest BCUT2D eigenvalue weighted by Gasteiger charge is -2.09. The highest BCUT2D eigenvalue weighted by atomic mass is 16.5. The minimum Gasteiger partial charge on any atom is -0.457 e. The van der Waals surface area contributed by atoms with Crippen molar-refractivity contribution in [1.82, 2.24) is 9.97 Å². The average molecular weight is 410 g/mol. The van der Waals surface area contributed by atoms with Crippen LogP contribution in [-0.4, -0.2) is 15.9 Å². The number of ether oxygens (including phenoxy) is 1. The third-order valence-electron chi connectivity index (χ3n) is 4.48. The summed E-state index contributed by atoms with van der Waals surface area (Å²) in [6, 6.07) is 25.9. The van der Waals surface area contributed by atoms with Gasteiger partial charge in [-0.3, -0.25) is 4.79 Å². The fourth-order valence-electron chi connectivity index (χ4n) is 3.05. The van der Waals surface area contributed by atoms with Crippen LogP contribution < -0.4 is 15.4 Å². The third-order valence-corrected chi connectivity index (χ3v) is 4.48. The molecule has 1 aromatic heterocycles. The maximum absolute atomic E-state index is 12.6. The van der Waals surface area contributed by atoms with E-state index in [0.717, 1.165) is 22.8 Å². The summed E-state index contributed by atoms with van der Waals surface area (Å²) < 4.78 is 5.77. The molecule has 0 saturated carbocycles. The zero-order valence-electron chi connectivity index (χ0n) is 17.3. The Hall–Kier alpha value is -4.19. The van der Waals surface area contributed by atoms with Crippen LogP contribution in [0.1, 0.15) is 21.7 Å². The monoisotopic (exact) mass is 410 g/mol. The highest BCUT2D eigenvalue weighted by Gasteiger charge is 2.07. The fourth-order valence-corrected chi connectivity index (χ4v) is 3.05. The first-order valence-corrected chi connectivity index (χ1v) is 9.89. The van der Waals surface area contributed by atoms with Gasteiger partial charge in [0.1, 0.15) is 11.5 Å². The molecule has 31 heavy (non-hydrogen) atoms. The molecule has 1 amide bonds. The van der Waals surface area contributed by atoms with Crippen LogP contribution in [0.4, 0.5) is 17.3 Å². The van der Waals surface area contributed by atoms with Gasteiger partial charge in [0.05, 0.1) is 0 Å². The van der Waals surface area contributed by atoms with Crippen molar-refractivity contribution >= 4 is 23.2 Å². The molecule has 4 rings (SSSR count). The van der Waals surface area contributed by atoms with Crippen molar-refractivity contribution in [2.75, 3.05) is 10.6 Å². The van der Waals surface area contributed by atoms with Crippen LogP contribution >= 0.6 is 0 Å². The Kier molecular flexibility index (Phi) is 5.89. The largest absolute Gasteiger partial charge is 0.457 e. The van der Waals surface area contributed by atoms with Gasteiger partial charge in [-0.2, -0.15) is 0 Å². The Morgan fingerprint density at radius 2 is 1.32 bits per heavy atom. The van der Waals surface area contributed by atoms with Crippen LogP contribution in [0.2, 0.25) is 0 Å². The molecule has 0 aliphatic heterocycles. The van der Waals surface area contributed by atoms with Crippen molar-refractivity contribution in [3.05, 3.63) is 102 Å². The number of hydrogen-bond acceptors (Lipinski definition) is 5. The molecular formula is C25H22N4O2. The van der Waals surface area contributed by atoms with Crippen LogP contribution in [0.5, 0.6) is 11.5 Å². The minimum absolute atomic E-state index is 0.189. The molecule has 0 aliphatic carbocycles. The first-order valence-electron chi connectivity index (χ1n) is 9.89. The van der Waals surface area contributed by atoms with E-state index in [0.29, 0.717) is 22.9 Å². The standard InChI is InChI=1S/C25H22N4O2/c1-17-16-18(2)27-25(26-17)29-21-10-8-19(9-11-21)24(30)28-20-12-14-23(15-13-20)31-22-6-4-3-5-7-22/h3-16H,1-2H3,(H,28,30)(H,26,27,29). The second-order valence-electron chi connectivity index (χ2n) is 7.07. The van der Waals surface area contributed by atoms with Crippen molar-refractivity contribution < 1.29 is 9.53 Å². The fraction of sp³-hybridized carbons (Fsp3) is 0.0800.